The van der Waals surface area contributed by atoms with Gasteiger partial charge in [0.15, 0.2) is 0 Å². The predicted octanol–water partition coefficient (Wildman–Crippen LogP) is 2.87. The van der Waals surface area contributed by atoms with E-state index in [1.54, 1.807) is 20.0 Å². The van der Waals surface area contributed by atoms with E-state index >= 15 is 0 Å². The van der Waals surface area contributed by atoms with Crippen LogP contribution in [0.15, 0.2) is 42.5 Å². The third kappa shape index (κ3) is 2.70. The molecule has 0 heterocycles. The first-order chi connectivity index (χ1) is 9.54. The summed E-state index contributed by atoms with van der Waals surface area (Å²) >= 11 is 0. The van der Waals surface area contributed by atoms with Crippen LogP contribution in [-0.2, 0) is 6.54 Å². The van der Waals surface area contributed by atoms with Crippen LogP contribution in [0.25, 0.3) is 0 Å². The number of para-hydroxylation sites is 1. The lowest BCUT2D eigenvalue weighted by molar-refractivity contribution is 0.0992. The SMILES string of the molecule is Cc1ccc(F)cc1C(=O)N(C)c1ccccc1CN. The summed E-state index contributed by atoms with van der Waals surface area (Å²) in [5, 5.41) is 0. The van der Waals surface area contributed by atoms with Crippen molar-refractivity contribution in [3.63, 3.8) is 0 Å². The van der Waals surface area contributed by atoms with Crippen LogP contribution in [0.2, 0.25) is 0 Å². The van der Waals surface area contributed by atoms with Crippen molar-refractivity contribution in [2.24, 2.45) is 5.73 Å². The Balaban J connectivity index is 2.40. The molecule has 0 aliphatic carbocycles. The summed E-state index contributed by atoms with van der Waals surface area (Å²) < 4.78 is 13.3. The molecule has 0 aliphatic heterocycles. The molecule has 0 unspecified atom stereocenters. The van der Waals surface area contributed by atoms with Crippen LogP contribution in [0.1, 0.15) is 21.5 Å². The number of rotatable bonds is 3. The number of aryl methyl sites for hydroxylation is 1. The molecule has 0 aliphatic rings. The van der Waals surface area contributed by atoms with Crippen LogP contribution >= 0.6 is 0 Å². The molecule has 0 radical (unpaired) electrons. The quantitative estimate of drug-likeness (QED) is 0.934. The van der Waals surface area contributed by atoms with E-state index in [9.17, 15) is 9.18 Å². The second-order valence-electron chi connectivity index (χ2n) is 4.66. The zero-order valence-corrected chi connectivity index (χ0v) is 11.6. The fourth-order valence-corrected chi connectivity index (χ4v) is 2.13. The molecule has 0 spiro atoms. The molecular weight excluding hydrogens is 255 g/mol. The topological polar surface area (TPSA) is 46.3 Å². The average Bonchev–Trinajstić information content (AvgIpc) is 2.48. The molecule has 0 aromatic heterocycles. The molecule has 104 valence electrons. The van der Waals surface area contributed by atoms with Crippen molar-refractivity contribution in [2.75, 3.05) is 11.9 Å². The van der Waals surface area contributed by atoms with Gasteiger partial charge < -0.3 is 10.6 Å². The number of nitrogens with two attached hydrogens (primary N) is 1. The van der Waals surface area contributed by atoms with E-state index in [0.29, 0.717) is 12.1 Å². The van der Waals surface area contributed by atoms with E-state index in [1.165, 1.54) is 17.0 Å². The summed E-state index contributed by atoms with van der Waals surface area (Å²) in [7, 11) is 1.67. The lowest BCUT2D eigenvalue weighted by atomic mass is 10.1. The van der Waals surface area contributed by atoms with E-state index in [0.717, 1.165) is 16.8 Å². The fourth-order valence-electron chi connectivity index (χ4n) is 2.13. The minimum absolute atomic E-state index is 0.247. The second kappa shape index (κ2) is 5.84. The maximum atomic E-state index is 13.3. The number of anilines is 1. The van der Waals surface area contributed by atoms with Crippen molar-refractivity contribution in [1.29, 1.82) is 0 Å². The van der Waals surface area contributed by atoms with Gasteiger partial charge in [0.2, 0.25) is 0 Å². The number of amides is 1. The van der Waals surface area contributed by atoms with Gasteiger partial charge in [-0.15, -0.1) is 0 Å². The summed E-state index contributed by atoms with van der Waals surface area (Å²) in [6.45, 7) is 2.13. The smallest absolute Gasteiger partial charge is 0.258 e. The van der Waals surface area contributed by atoms with Gasteiger partial charge in [-0.1, -0.05) is 24.3 Å². The molecule has 0 bridgehead atoms. The first kappa shape index (κ1) is 14.2. The van der Waals surface area contributed by atoms with E-state index in [-0.39, 0.29) is 5.91 Å². The minimum atomic E-state index is -0.417. The molecule has 2 aromatic rings. The van der Waals surface area contributed by atoms with Gasteiger partial charge in [0.1, 0.15) is 5.82 Å². The maximum Gasteiger partial charge on any atom is 0.258 e. The highest BCUT2D eigenvalue weighted by atomic mass is 19.1. The van der Waals surface area contributed by atoms with Gasteiger partial charge in [0.25, 0.3) is 5.91 Å². The van der Waals surface area contributed by atoms with Crippen molar-refractivity contribution >= 4 is 11.6 Å². The van der Waals surface area contributed by atoms with Crippen LogP contribution in [0, 0.1) is 12.7 Å². The highest BCUT2D eigenvalue weighted by molar-refractivity contribution is 6.07. The Morgan fingerprint density at radius 3 is 2.65 bits per heavy atom. The molecule has 0 atom stereocenters. The molecule has 0 fully saturated rings. The van der Waals surface area contributed by atoms with Crippen molar-refractivity contribution in [3.8, 4) is 0 Å². The van der Waals surface area contributed by atoms with Crippen molar-refractivity contribution in [3.05, 3.63) is 65.0 Å². The van der Waals surface area contributed by atoms with Gasteiger partial charge in [-0.25, -0.2) is 4.39 Å². The Labute approximate surface area is 117 Å². The molecule has 3 nitrogen and oxygen atoms in total. The number of carbonyl (C=O) groups excluding carboxylic acids is 1. The lowest BCUT2D eigenvalue weighted by Gasteiger charge is -2.21. The molecule has 4 heteroatoms. The zero-order valence-electron chi connectivity index (χ0n) is 11.6. The highest BCUT2D eigenvalue weighted by Crippen LogP contribution is 2.22. The van der Waals surface area contributed by atoms with Gasteiger partial charge in [-0.2, -0.15) is 0 Å². The molecule has 2 aromatic carbocycles. The fraction of sp³-hybridized carbons (Fsp3) is 0.188. The van der Waals surface area contributed by atoms with Gasteiger partial charge in [0, 0.05) is 24.8 Å². The third-order valence-electron chi connectivity index (χ3n) is 3.31. The van der Waals surface area contributed by atoms with Crippen LogP contribution < -0.4 is 10.6 Å². The molecule has 2 N–H and O–H groups in total. The molecule has 0 saturated carbocycles. The first-order valence-corrected chi connectivity index (χ1v) is 6.36. The monoisotopic (exact) mass is 272 g/mol. The van der Waals surface area contributed by atoms with E-state index in [4.69, 9.17) is 5.73 Å². The third-order valence-corrected chi connectivity index (χ3v) is 3.31. The Hall–Kier alpha value is -2.20. The number of hydrogen-bond donors (Lipinski definition) is 1. The number of hydrogen-bond acceptors (Lipinski definition) is 2. The number of carbonyl (C=O) groups is 1. The standard InChI is InChI=1S/C16H17FN2O/c1-11-7-8-13(17)9-14(11)16(20)19(2)15-6-4-3-5-12(15)10-18/h3-9H,10,18H2,1-2H3. The van der Waals surface area contributed by atoms with Crippen molar-refractivity contribution in [1.82, 2.24) is 0 Å². The Kier molecular flexibility index (Phi) is 4.15. The number of benzene rings is 2. The molecule has 2 rings (SSSR count). The average molecular weight is 272 g/mol. The normalized spacial score (nSPS) is 10.4. The number of nitrogens with zero attached hydrogens (tertiary/aromatic N) is 1. The van der Waals surface area contributed by atoms with Crippen LogP contribution in [0.3, 0.4) is 0 Å². The Bertz CT molecular complexity index is 640. The van der Waals surface area contributed by atoms with E-state index < -0.39 is 5.82 Å². The van der Waals surface area contributed by atoms with Crippen LogP contribution in [0.4, 0.5) is 10.1 Å². The van der Waals surface area contributed by atoms with Gasteiger partial charge in [-0.05, 0) is 36.2 Å². The van der Waals surface area contributed by atoms with Gasteiger partial charge in [-0.3, -0.25) is 4.79 Å². The van der Waals surface area contributed by atoms with Crippen LogP contribution in [0.5, 0.6) is 0 Å². The Morgan fingerprint density at radius 2 is 1.95 bits per heavy atom. The molecular formula is C16H17FN2O. The second-order valence-corrected chi connectivity index (χ2v) is 4.66. The summed E-state index contributed by atoms with van der Waals surface area (Å²) in [5.41, 5.74) is 8.40. The largest absolute Gasteiger partial charge is 0.326 e. The lowest BCUT2D eigenvalue weighted by Crippen LogP contribution is -2.28. The van der Waals surface area contributed by atoms with Gasteiger partial charge in [0.05, 0.1) is 0 Å². The molecule has 1 amide bonds. The predicted molar refractivity (Wildman–Crippen MR) is 78.2 cm³/mol. The molecule has 0 saturated heterocycles. The summed E-state index contributed by atoms with van der Waals surface area (Å²) in [5.74, 6) is -0.664. The minimum Gasteiger partial charge on any atom is -0.326 e. The van der Waals surface area contributed by atoms with E-state index in [2.05, 4.69) is 0 Å². The molecule has 20 heavy (non-hydrogen) atoms. The maximum absolute atomic E-state index is 13.3. The van der Waals surface area contributed by atoms with E-state index in [1.807, 2.05) is 24.3 Å². The summed E-state index contributed by atoms with van der Waals surface area (Å²) in [6, 6.07) is 11.6. The Morgan fingerprint density at radius 1 is 1.25 bits per heavy atom. The number of halogens is 1. The zero-order chi connectivity index (χ0) is 14.7. The van der Waals surface area contributed by atoms with Crippen LogP contribution in [-0.4, -0.2) is 13.0 Å². The summed E-state index contributed by atoms with van der Waals surface area (Å²) in [6.07, 6.45) is 0. The highest BCUT2D eigenvalue weighted by Gasteiger charge is 2.18. The van der Waals surface area contributed by atoms with Gasteiger partial charge >= 0.3 is 0 Å². The van der Waals surface area contributed by atoms with Crippen molar-refractivity contribution in [2.45, 2.75) is 13.5 Å². The first-order valence-electron chi connectivity index (χ1n) is 6.36. The summed E-state index contributed by atoms with van der Waals surface area (Å²) in [4.78, 5) is 14.0. The van der Waals surface area contributed by atoms with Crippen molar-refractivity contribution < 1.29 is 9.18 Å².